The highest BCUT2D eigenvalue weighted by Gasteiger charge is 2.37. The van der Waals surface area contributed by atoms with E-state index in [1.54, 1.807) is 0 Å². The minimum Gasteiger partial charge on any atom is -0.317 e. The van der Waals surface area contributed by atoms with E-state index in [-0.39, 0.29) is 11.3 Å². The number of carbonyl (C=O) groups excluding carboxylic acids is 1. The van der Waals surface area contributed by atoms with Crippen LogP contribution in [-0.4, -0.2) is 26.0 Å². The van der Waals surface area contributed by atoms with Crippen LogP contribution >= 0.6 is 0 Å². The summed E-state index contributed by atoms with van der Waals surface area (Å²) in [4.78, 5) is 14.6. The van der Waals surface area contributed by atoms with Crippen molar-refractivity contribution in [2.75, 3.05) is 25.0 Å². The van der Waals surface area contributed by atoms with E-state index < -0.39 is 0 Å². The molecule has 1 aliphatic rings. The predicted octanol–water partition coefficient (Wildman–Crippen LogP) is 2.66. The van der Waals surface area contributed by atoms with E-state index in [1.165, 1.54) is 5.56 Å². The van der Waals surface area contributed by atoms with Crippen molar-refractivity contribution >= 4 is 11.6 Å². The Labute approximate surface area is 116 Å². The summed E-state index contributed by atoms with van der Waals surface area (Å²) in [6, 6.07) is 6.24. The molecule has 1 amide bonds. The van der Waals surface area contributed by atoms with Gasteiger partial charge in [-0.05, 0) is 51.4 Å². The van der Waals surface area contributed by atoms with Crippen molar-refractivity contribution in [2.24, 2.45) is 5.41 Å². The van der Waals surface area contributed by atoms with Crippen LogP contribution in [0.2, 0.25) is 0 Å². The summed E-state index contributed by atoms with van der Waals surface area (Å²) in [5.41, 5.74) is 3.19. The fraction of sp³-hybridized carbons (Fsp3) is 0.562. The number of carbonyl (C=O) groups is 1. The van der Waals surface area contributed by atoms with E-state index in [0.29, 0.717) is 0 Å². The maximum absolute atomic E-state index is 12.8. The first-order valence-electron chi connectivity index (χ1n) is 7.00. The first-order chi connectivity index (χ1) is 8.94. The number of nitrogens with zero attached hydrogens (tertiary/aromatic N) is 1. The smallest absolute Gasteiger partial charge is 0.232 e. The van der Waals surface area contributed by atoms with E-state index in [1.807, 2.05) is 18.0 Å². The van der Waals surface area contributed by atoms with Crippen molar-refractivity contribution in [1.29, 1.82) is 0 Å². The Kier molecular flexibility index (Phi) is 3.95. The highest BCUT2D eigenvalue weighted by molar-refractivity contribution is 5.97. The third-order valence-electron chi connectivity index (χ3n) is 4.24. The molecular formula is C16H24N2O. The Morgan fingerprint density at radius 2 is 1.89 bits per heavy atom. The number of piperidine rings is 1. The lowest BCUT2D eigenvalue weighted by Gasteiger charge is -2.36. The van der Waals surface area contributed by atoms with E-state index in [2.05, 4.69) is 38.2 Å². The van der Waals surface area contributed by atoms with E-state index in [9.17, 15) is 4.79 Å². The Bertz CT molecular complexity index is 476. The van der Waals surface area contributed by atoms with Crippen LogP contribution in [0.5, 0.6) is 0 Å². The summed E-state index contributed by atoms with van der Waals surface area (Å²) in [5, 5.41) is 3.32. The minimum atomic E-state index is -0.225. The summed E-state index contributed by atoms with van der Waals surface area (Å²) < 4.78 is 0. The third kappa shape index (κ3) is 2.81. The summed E-state index contributed by atoms with van der Waals surface area (Å²) in [6.07, 6.45) is 1.84. The van der Waals surface area contributed by atoms with E-state index >= 15 is 0 Å². The zero-order chi connectivity index (χ0) is 14.0. The Hall–Kier alpha value is -1.35. The number of rotatable bonds is 2. The summed E-state index contributed by atoms with van der Waals surface area (Å²) in [6.45, 7) is 8.10. The predicted molar refractivity (Wildman–Crippen MR) is 79.5 cm³/mol. The highest BCUT2D eigenvalue weighted by Crippen LogP contribution is 2.32. The molecule has 3 nitrogen and oxygen atoms in total. The maximum atomic E-state index is 12.8. The molecular weight excluding hydrogens is 236 g/mol. The average molecular weight is 260 g/mol. The molecule has 104 valence electrons. The van der Waals surface area contributed by atoms with Gasteiger partial charge in [0.05, 0.1) is 0 Å². The first-order valence-corrected chi connectivity index (χ1v) is 7.00. The number of aryl methyl sites for hydroxylation is 2. The molecule has 1 fully saturated rings. The lowest BCUT2D eigenvalue weighted by atomic mass is 9.79. The van der Waals surface area contributed by atoms with Gasteiger partial charge in [0.2, 0.25) is 5.91 Å². The molecule has 1 saturated heterocycles. The molecule has 0 aromatic heterocycles. The molecule has 1 N–H and O–H groups in total. The molecule has 0 bridgehead atoms. The molecule has 2 rings (SSSR count). The Morgan fingerprint density at radius 3 is 2.47 bits per heavy atom. The van der Waals surface area contributed by atoms with Crippen LogP contribution in [0.4, 0.5) is 5.69 Å². The fourth-order valence-corrected chi connectivity index (χ4v) is 2.89. The van der Waals surface area contributed by atoms with Gasteiger partial charge in [-0.3, -0.25) is 4.79 Å². The highest BCUT2D eigenvalue weighted by atomic mass is 16.2. The zero-order valence-corrected chi connectivity index (χ0v) is 12.4. The molecule has 0 unspecified atom stereocenters. The summed E-state index contributed by atoms with van der Waals surface area (Å²) in [7, 11) is 1.90. The molecule has 3 heteroatoms. The second-order valence-electron chi connectivity index (χ2n) is 5.96. The van der Waals surface area contributed by atoms with Crippen molar-refractivity contribution < 1.29 is 4.79 Å². The van der Waals surface area contributed by atoms with E-state index in [4.69, 9.17) is 0 Å². The third-order valence-corrected chi connectivity index (χ3v) is 4.24. The van der Waals surface area contributed by atoms with Crippen molar-refractivity contribution in [1.82, 2.24) is 5.32 Å². The fourth-order valence-electron chi connectivity index (χ4n) is 2.89. The van der Waals surface area contributed by atoms with Gasteiger partial charge in [0, 0.05) is 18.2 Å². The number of amides is 1. The molecule has 1 aliphatic heterocycles. The average Bonchev–Trinajstić information content (AvgIpc) is 2.38. The topological polar surface area (TPSA) is 32.3 Å². The molecule has 0 atom stereocenters. The molecule has 0 aliphatic carbocycles. The summed E-state index contributed by atoms with van der Waals surface area (Å²) >= 11 is 0. The van der Waals surface area contributed by atoms with Crippen molar-refractivity contribution in [3.63, 3.8) is 0 Å². The van der Waals surface area contributed by atoms with Crippen LogP contribution in [0.25, 0.3) is 0 Å². The first kappa shape index (κ1) is 14.1. The van der Waals surface area contributed by atoms with Gasteiger partial charge in [0.25, 0.3) is 0 Å². The van der Waals surface area contributed by atoms with Gasteiger partial charge in [0.1, 0.15) is 0 Å². The second-order valence-corrected chi connectivity index (χ2v) is 5.96. The van der Waals surface area contributed by atoms with Crippen LogP contribution in [0.3, 0.4) is 0 Å². The number of benzene rings is 1. The van der Waals surface area contributed by atoms with Crippen molar-refractivity contribution in [3.05, 3.63) is 29.3 Å². The van der Waals surface area contributed by atoms with Gasteiger partial charge in [0.15, 0.2) is 0 Å². The van der Waals surface area contributed by atoms with Crippen molar-refractivity contribution in [2.45, 2.75) is 33.6 Å². The number of nitrogens with one attached hydrogen (secondary N) is 1. The molecule has 19 heavy (non-hydrogen) atoms. The van der Waals surface area contributed by atoms with Crippen LogP contribution in [0.15, 0.2) is 18.2 Å². The zero-order valence-electron chi connectivity index (χ0n) is 12.4. The Balaban J connectivity index is 2.23. The standard InChI is InChI=1S/C16H24N2O/c1-12-5-6-14(13(2)11-12)18(4)15(19)16(3)7-9-17-10-8-16/h5-6,11,17H,7-10H2,1-4H3. The lowest BCUT2D eigenvalue weighted by molar-refractivity contribution is -0.128. The molecule has 0 saturated carbocycles. The SMILES string of the molecule is Cc1ccc(N(C)C(=O)C2(C)CCNCC2)c(C)c1. The normalized spacial score (nSPS) is 18.1. The summed E-state index contributed by atoms with van der Waals surface area (Å²) in [5.74, 6) is 0.237. The van der Waals surface area contributed by atoms with Gasteiger partial charge in [-0.2, -0.15) is 0 Å². The van der Waals surface area contributed by atoms with Gasteiger partial charge in [-0.1, -0.05) is 24.6 Å². The second kappa shape index (κ2) is 5.33. The van der Waals surface area contributed by atoms with Gasteiger partial charge in [-0.25, -0.2) is 0 Å². The maximum Gasteiger partial charge on any atom is 0.232 e. The number of anilines is 1. The molecule has 0 spiro atoms. The lowest BCUT2D eigenvalue weighted by Crippen LogP contribution is -2.46. The van der Waals surface area contributed by atoms with Crippen LogP contribution in [0.1, 0.15) is 30.9 Å². The van der Waals surface area contributed by atoms with Gasteiger partial charge in [-0.15, -0.1) is 0 Å². The molecule has 1 aromatic rings. The quantitative estimate of drug-likeness (QED) is 0.886. The Morgan fingerprint density at radius 1 is 1.26 bits per heavy atom. The minimum absolute atomic E-state index is 0.225. The number of hydrogen-bond donors (Lipinski definition) is 1. The number of hydrogen-bond acceptors (Lipinski definition) is 2. The monoisotopic (exact) mass is 260 g/mol. The van der Waals surface area contributed by atoms with Crippen LogP contribution in [0, 0.1) is 19.3 Å². The van der Waals surface area contributed by atoms with Crippen LogP contribution < -0.4 is 10.2 Å². The van der Waals surface area contributed by atoms with E-state index in [0.717, 1.165) is 37.2 Å². The van der Waals surface area contributed by atoms with Crippen molar-refractivity contribution in [3.8, 4) is 0 Å². The molecule has 1 aromatic carbocycles. The molecule has 0 radical (unpaired) electrons. The van der Waals surface area contributed by atoms with Crippen LogP contribution in [-0.2, 0) is 4.79 Å². The van der Waals surface area contributed by atoms with Gasteiger partial charge < -0.3 is 10.2 Å². The largest absolute Gasteiger partial charge is 0.317 e. The van der Waals surface area contributed by atoms with Gasteiger partial charge >= 0.3 is 0 Å². The molecule has 1 heterocycles.